The number of carbonyl (C=O) groups is 1. The molecule has 0 radical (unpaired) electrons. The maximum absolute atomic E-state index is 11.1. The Labute approximate surface area is 105 Å². The standard InChI is InChI=1S/C12H16O4S/c1-9(2)12(14)16-6-10(13)7-17-8-11-4-3-5-15-11/h3-5,10,13H,1,6-8H2,2H3. The van der Waals surface area contributed by atoms with E-state index in [0.29, 0.717) is 17.1 Å². The maximum atomic E-state index is 11.1. The fourth-order valence-corrected chi connectivity index (χ4v) is 1.89. The molecule has 1 aromatic heterocycles. The van der Waals surface area contributed by atoms with Crippen molar-refractivity contribution in [2.75, 3.05) is 12.4 Å². The van der Waals surface area contributed by atoms with Crippen LogP contribution in [0.1, 0.15) is 12.7 Å². The highest BCUT2D eigenvalue weighted by Gasteiger charge is 2.09. The van der Waals surface area contributed by atoms with E-state index in [2.05, 4.69) is 6.58 Å². The van der Waals surface area contributed by atoms with Gasteiger partial charge in [0, 0.05) is 11.3 Å². The second kappa shape index (κ2) is 7.19. The van der Waals surface area contributed by atoms with Crippen molar-refractivity contribution in [3.8, 4) is 0 Å². The van der Waals surface area contributed by atoms with Crippen molar-refractivity contribution in [3.63, 3.8) is 0 Å². The summed E-state index contributed by atoms with van der Waals surface area (Å²) >= 11 is 1.52. The molecule has 1 heterocycles. The molecule has 0 aliphatic carbocycles. The topological polar surface area (TPSA) is 59.7 Å². The number of carbonyl (C=O) groups excluding carboxylic acids is 1. The number of furan rings is 1. The van der Waals surface area contributed by atoms with E-state index in [-0.39, 0.29) is 6.61 Å². The molecule has 0 aliphatic rings. The Balaban J connectivity index is 2.11. The molecule has 0 spiro atoms. The van der Waals surface area contributed by atoms with Crippen molar-refractivity contribution in [2.24, 2.45) is 0 Å². The summed E-state index contributed by atoms with van der Waals surface area (Å²) in [6, 6.07) is 3.70. The van der Waals surface area contributed by atoms with E-state index in [0.717, 1.165) is 5.76 Å². The van der Waals surface area contributed by atoms with Crippen molar-refractivity contribution in [3.05, 3.63) is 36.3 Å². The van der Waals surface area contributed by atoms with E-state index < -0.39 is 12.1 Å². The number of rotatable bonds is 7. The summed E-state index contributed by atoms with van der Waals surface area (Å²) in [5, 5.41) is 9.55. The van der Waals surface area contributed by atoms with Crippen molar-refractivity contribution in [1.82, 2.24) is 0 Å². The molecule has 1 unspecified atom stereocenters. The minimum atomic E-state index is -0.668. The lowest BCUT2D eigenvalue weighted by atomic mass is 10.3. The van der Waals surface area contributed by atoms with Crippen molar-refractivity contribution in [2.45, 2.75) is 18.8 Å². The highest BCUT2D eigenvalue weighted by Crippen LogP contribution is 2.13. The van der Waals surface area contributed by atoms with Gasteiger partial charge in [-0.05, 0) is 19.1 Å². The van der Waals surface area contributed by atoms with Gasteiger partial charge in [-0.25, -0.2) is 4.79 Å². The molecule has 17 heavy (non-hydrogen) atoms. The van der Waals surface area contributed by atoms with Crippen LogP contribution in [0.25, 0.3) is 0 Å². The number of thioether (sulfide) groups is 1. The molecule has 0 saturated heterocycles. The van der Waals surface area contributed by atoms with E-state index in [1.54, 1.807) is 13.2 Å². The SMILES string of the molecule is C=C(C)C(=O)OCC(O)CSCc1ccco1. The maximum Gasteiger partial charge on any atom is 0.333 e. The number of esters is 1. The highest BCUT2D eigenvalue weighted by molar-refractivity contribution is 7.98. The molecule has 0 aliphatic heterocycles. The van der Waals surface area contributed by atoms with Crippen LogP contribution in [0.5, 0.6) is 0 Å². The first-order valence-corrected chi connectivity index (χ1v) is 6.36. The lowest BCUT2D eigenvalue weighted by Crippen LogP contribution is -2.21. The second-order valence-electron chi connectivity index (χ2n) is 3.63. The molecule has 1 atom stereocenters. The molecule has 1 N–H and O–H groups in total. The monoisotopic (exact) mass is 256 g/mol. The van der Waals surface area contributed by atoms with E-state index >= 15 is 0 Å². The molecule has 0 amide bonds. The predicted molar refractivity (Wildman–Crippen MR) is 66.6 cm³/mol. The molecule has 0 saturated carbocycles. The first kappa shape index (κ1) is 13.9. The third-order valence-corrected chi connectivity index (χ3v) is 3.00. The lowest BCUT2D eigenvalue weighted by molar-refractivity contribution is -0.141. The normalized spacial score (nSPS) is 12.1. The zero-order chi connectivity index (χ0) is 12.7. The largest absolute Gasteiger partial charge is 0.468 e. The van der Waals surface area contributed by atoms with Crippen LogP contribution in [-0.2, 0) is 15.3 Å². The van der Waals surface area contributed by atoms with Crippen molar-refractivity contribution < 1.29 is 19.1 Å². The van der Waals surface area contributed by atoms with Crippen LogP contribution in [0.4, 0.5) is 0 Å². The quantitative estimate of drug-likeness (QED) is 0.597. The molecular formula is C12H16O4S. The van der Waals surface area contributed by atoms with Gasteiger partial charge in [-0.1, -0.05) is 6.58 Å². The Hall–Kier alpha value is -1.20. The number of hydrogen-bond donors (Lipinski definition) is 1. The minimum absolute atomic E-state index is 0.00313. The fourth-order valence-electron chi connectivity index (χ4n) is 1.03. The summed E-state index contributed by atoms with van der Waals surface area (Å²) in [5.41, 5.74) is 0.334. The van der Waals surface area contributed by atoms with Crippen LogP contribution in [-0.4, -0.2) is 29.5 Å². The Bertz CT molecular complexity index is 359. The number of aliphatic hydroxyl groups excluding tert-OH is 1. The molecule has 94 valence electrons. The van der Waals surface area contributed by atoms with Gasteiger partial charge in [0.15, 0.2) is 0 Å². The smallest absolute Gasteiger partial charge is 0.333 e. The number of hydrogen-bond acceptors (Lipinski definition) is 5. The van der Waals surface area contributed by atoms with Gasteiger partial charge in [0.2, 0.25) is 0 Å². The average Bonchev–Trinajstić information content (AvgIpc) is 2.78. The summed E-state index contributed by atoms with van der Waals surface area (Å²) in [4.78, 5) is 11.1. The molecule has 0 bridgehead atoms. The van der Waals surface area contributed by atoms with Crippen LogP contribution >= 0.6 is 11.8 Å². The Morgan fingerprint density at radius 3 is 3.06 bits per heavy atom. The van der Waals surface area contributed by atoms with Crippen LogP contribution < -0.4 is 0 Å². The molecule has 0 fully saturated rings. The van der Waals surface area contributed by atoms with E-state index in [9.17, 15) is 9.90 Å². The molecular weight excluding hydrogens is 240 g/mol. The minimum Gasteiger partial charge on any atom is -0.468 e. The third kappa shape index (κ3) is 5.60. The van der Waals surface area contributed by atoms with E-state index in [4.69, 9.17) is 9.15 Å². The Morgan fingerprint density at radius 2 is 2.47 bits per heavy atom. The summed E-state index contributed by atoms with van der Waals surface area (Å²) in [7, 11) is 0. The van der Waals surface area contributed by atoms with Gasteiger partial charge in [0.05, 0.1) is 18.1 Å². The van der Waals surface area contributed by atoms with Crippen molar-refractivity contribution in [1.29, 1.82) is 0 Å². The second-order valence-corrected chi connectivity index (χ2v) is 4.66. The van der Waals surface area contributed by atoms with Gasteiger partial charge < -0.3 is 14.3 Å². The lowest BCUT2D eigenvalue weighted by Gasteiger charge is -2.10. The Kier molecular flexibility index (Phi) is 5.86. The van der Waals surface area contributed by atoms with Gasteiger partial charge in [-0.2, -0.15) is 11.8 Å². The average molecular weight is 256 g/mol. The number of aliphatic hydroxyl groups is 1. The highest BCUT2D eigenvalue weighted by atomic mass is 32.2. The first-order chi connectivity index (χ1) is 8.09. The van der Waals surface area contributed by atoms with Gasteiger partial charge in [0.1, 0.15) is 12.4 Å². The zero-order valence-corrected chi connectivity index (χ0v) is 10.5. The molecule has 4 nitrogen and oxygen atoms in total. The van der Waals surface area contributed by atoms with Crippen molar-refractivity contribution >= 4 is 17.7 Å². The first-order valence-electron chi connectivity index (χ1n) is 5.20. The van der Waals surface area contributed by atoms with E-state index in [1.165, 1.54) is 11.8 Å². The van der Waals surface area contributed by atoms with Crippen LogP contribution in [0, 0.1) is 0 Å². The molecule has 1 rings (SSSR count). The van der Waals surface area contributed by atoms with Gasteiger partial charge >= 0.3 is 5.97 Å². The summed E-state index contributed by atoms with van der Waals surface area (Å²) < 4.78 is 9.97. The fraction of sp³-hybridized carbons (Fsp3) is 0.417. The van der Waals surface area contributed by atoms with E-state index in [1.807, 2.05) is 12.1 Å². The number of ether oxygens (including phenoxy) is 1. The molecule has 5 heteroatoms. The van der Waals surface area contributed by atoms with Gasteiger partial charge in [-0.15, -0.1) is 0 Å². The van der Waals surface area contributed by atoms with Crippen LogP contribution in [0.15, 0.2) is 35.0 Å². The van der Waals surface area contributed by atoms with Gasteiger partial charge in [-0.3, -0.25) is 0 Å². The van der Waals surface area contributed by atoms with Gasteiger partial charge in [0.25, 0.3) is 0 Å². The molecule has 0 aromatic carbocycles. The van der Waals surface area contributed by atoms with Crippen LogP contribution in [0.3, 0.4) is 0 Å². The summed E-state index contributed by atoms with van der Waals surface area (Å²) in [5.74, 6) is 1.57. The predicted octanol–water partition coefficient (Wildman–Crippen LogP) is 1.99. The zero-order valence-electron chi connectivity index (χ0n) is 9.72. The third-order valence-electron chi connectivity index (χ3n) is 1.89. The van der Waals surface area contributed by atoms with Crippen LogP contribution in [0.2, 0.25) is 0 Å². The summed E-state index contributed by atoms with van der Waals surface area (Å²) in [6.07, 6.45) is 0.944. The Morgan fingerprint density at radius 1 is 1.71 bits per heavy atom. The summed E-state index contributed by atoms with van der Waals surface area (Å²) in [6.45, 7) is 5.02. The molecule has 1 aromatic rings.